The number of nitro groups is 1. The van der Waals surface area contributed by atoms with Gasteiger partial charge in [-0.05, 0) is 63.3 Å². The number of nitrogens with one attached hydrogen (secondary N) is 2. The molecule has 2 atom stereocenters. The van der Waals surface area contributed by atoms with Gasteiger partial charge in [0.1, 0.15) is 22.6 Å². The number of aromatic amines is 1. The highest BCUT2D eigenvalue weighted by atomic mass is 32.2. The third-order valence-electron chi connectivity index (χ3n) is 9.54. The summed E-state index contributed by atoms with van der Waals surface area (Å²) in [6.07, 6.45) is -0.549. The van der Waals surface area contributed by atoms with Crippen LogP contribution in [0.3, 0.4) is 0 Å². The van der Waals surface area contributed by atoms with Gasteiger partial charge in [0.15, 0.2) is 5.03 Å². The van der Waals surface area contributed by atoms with Crippen molar-refractivity contribution < 1.29 is 42.3 Å². The average Bonchev–Trinajstić information content (AvgIpc) is 3.55. The van der Waals surface area contributed by atoms with Crippen LogP contribution in [0.2, 0.25) is 0 Å². The van der Waals surface area contributed by atoms with Crippen molar-refractivity contribution >= 4 is 33.5 Å². The number of sulfonamides is 1. The van der Waals surface area contributed by atoms with Crippen LogP contribution in [0.4, 0.5) is 10.5 Å². The number of ketones is 1. The van der Waals surface area contributed by atoms with Crippen LogP contribution in [0, 0.1) is 24.0 Å². The molecule has 15 nitrogen and oxygen atoms in total. The summed E-state index contributed by atoms with van der Waals surface area (Å²) in [5.41, 5.74) is -3.04. The first-order chi connectivity index (χ1) is 23.2. The van der Waals surface area contributed by atoms with Crippen LogP contribution >= 0.6 is 0 Å². The van der Waals surface area contributed by atoms with Crippen molar-refractivity contribution in [2.75, 3.05) is 26.2 Å². The highest BCUT2D eigenvalue weighted by Gasteiger charge is 2.73. The minimum atomic E-state index is -4.20. The largest absolute Gasteiger partial charge is 0.454 e. The first-order valence-corrected chi connectivity index (χ1v) is 17.6. The molecule has 2 unspecified atom stereocenters. The fraction of sp³-hybridized carbons (Fsp3) is 0.441. The number of benzene rings is 2. The Morgan fingerprint density at radius 3 is 2.36 bits per heavy atom. The number of aliphatic hydroxyl groups is 1. The second-order valence-corrected chi connectivity index (χ2v) is 16.0. The van der Waals surface area contributed by atoms with Crippen molar-refractivity contribution in [2.24, 2.45) is 0 Å². The number of piperazine rings is 1. The Bertz CT molecular complexity index is 2080. The number of carbonyl (C=O) groups excluding carboxylic acids is 3. The third-order valence-corrected chi connectivity index (χ3v) is 11.5. The second kappa shape index (κ2) is 11.6. The minimum absolute atomic E-state index is 0.0191. The number of amides is 2. The quantitative estimate of drug-likeness (QED) is 0.248. The Morgan fingerprint density at radius 1 is 1.10 bits per heavy atom. The standard InChI is InChI=1S/C34H39N5O10S/c1-18(2)21-11-12-23-25(17-21)48-34(43)26-22(9-8-10-24(26)39(44)45)28(40)33(23,34)36-29(41)27-19(3)20(4)30(35-27)50(46,47)38-15-13-37(14-16-38)31(42)49-32(5,6)7/h8-12,17-18,35,43H,13-16H2,1-7H3,(H,36,41). The molecule has 0 spiro atoms. The van der Waals surface area contributed by atoms with Crippen LogP contribution in [0.25, 0.3) is 0 Å². The average molecular weight is 710 g/mol. The number of fused-ring (bicyclic) bond motifs is 5. The van der Waals surface area contributed by atoms with E-state index in [0.29, 0.717) is 0 Å². The molecule has 3 heterocycles. The summed E-state index contributed by atoms with van der Waals surface area (Å²) in [4.78, 5) is 56.7. The Hall–Kier alpha value is -4.80. The lowest BCUT2D eigenvalue weighted by Crippen LogP contribution is -2.60. The number of nitro benzene ring substituents is 1. The van der Waals surface area contributed by atoms with Crippen molar-refractivity contribution in [1.82, 2.24) is 19.5 Å². The van der Waals surface area contributed by atoms with Gasteiger partial charge >= 0.3 is 6.09 Å². The van der Waals surface area contributed by atoms with Gasteiger partial charge in [0.2, 0.25) is 11.3 Å². The predicted molar refractivity (Wildman–Crippen MR) is 178 cm³/mol. The number of Topliss-reactive ketones (excluding diaryl/α,β-unsaturated/α-hetero) is 1. The number of aromatic nitrogens is 1. The van der Waals surface area contributed by atoms with Crippen LogP contribution in [-0.2, 0) is 26.1 Å². The van der Waals surface area contributed by atoms with E-state index in [0.717, 1.165) is 11.6 Å². The van der Waals surface area contributed by atoms with E-state index in [1.165, 1.54) is 41.3 Å². The topological polar surface area (TPSA) is 201 Å². The molecule has 0 bridgehead atoms. The molecule has 16 heteroatoms. The zero-order valence-corrected chi connectivity index (χ0v) is 29.6. The number of H-pyrrole nitrogens is 1. The third kappa shape index (κ3) is 5.15. The highest BCUT2D eigenvalue weighted by Crippen LogP contribution is 2.60. The molecule has 0 radical (unpaired) electrons. The smallest absolute Gasteiger partial charge is 0.410 e. The van der Waals surface area contributed by atoms with E-state index in [1.807, 2.05) is 13.8 Å². The van der Waals surface area contributed by atoms with Crippen LogP contribution in [0.1, 0.15) is 89.2 Å². The number of hydrogen-bond donors (Lipinski definition) is 3. The first-order valence-electron chi connectivity index (χ1n) is 16.1. The molecule has 3 aliphatic rings. The van der Waals surface area contributed by atoms with E-state index in [9.17, 15) is 38.0 Å². The van der Waals surface area contributed by atoms with Gasteiger partial charge in [-0.1, -0.05) is 38.1 Å². The van der Waals surface area contributed by atoms with Crippen molar-refractivity contribution in [1.29, 1.82) is 0 Å². The van der Waals surface area contributed by atoms with E-state index in [4.69, 9.17) is 9.47 Å². The zero-order chi connectivity index (χ0) is 36.7. The van der Waals surface area contributed by atoms with Crippen molar-refractivity contribution in [3.8, 4) is 5.75 Å². The number of nitrogens with zero attached hydrogens (tertiary/aromatic N) is 3. The summed E-state index contributed by atoms with van der Waals surface area (Å²) in [6, 6.07) is 8.63. The SMILES string of the molecule is Cc1c(C(=O)NC23C(=O)c4cccc([N+](=O)[O-])c4C2(O)Oc2cc(C(C)C)ccc23)[nH]c(S(=O)(=O)N2CCN(C(=O)OC(C)(C)C)CC2)c1C. The van der Waals surface area contributed by atoms with Crippen molar-refractivity contribution in [2.45, 2.75) is 76.3 Å². The van der Waals surface area contributed by atoms with Gasteiger partial charge in [0.25, 0.3) is 27.4 Å². The Labute approximate surface area is 288 Å². The molecular weight excluding hydrogens is 670 g/mol. The van der Waals surface area contributed by atoms with Crippen molar-refractivity contribution in [3.05, 3.63) is 85.6 Å². The lowest BCUT2D eigenvalue weighted by Gasteiger charge is -2.34. The number of carbonyl (C=O) groups is 3. The molecule has 3 aromatic rings. The van der Waals surface area contributed by atoms with Gasteiger partial charge in [-0.3, -0.25) is 19.7 Å². The van der Waals surface area contributed by atoms with E-state index >= 15 is 0 Å². The van der Waals surface area contributed by atoms with Gasteiger partial charge in [-0.2, -0.15) is 4.31 Å². The normalized spacial score (nSPS) is 21.8. The van der Waals surface area contributed by atoms with E-state index < -0.39 is 60.9 Å². The maximum Gasteiger partial charge on any atom is 0.410 e. The summed E-state index contributed by atoms with van der Waals surface area (Å²) >= 11 is 0. The number of hydrogen-bond acceptors (Lipinski definition) is 10. The van der Waals surface area contributed by atoms with Crippen LogP contribution in [0.15, 0.2) is 41.4 Å². The molecule has 1 aliphatic carbocycles. The molecule has 6 rings (SSSR count). The maximum atomic E-state index is 14.4. The molecule has 1 fully saturated rings. The molecule has 1 saturated heterocycles. The summed E-state index contributed by atoms with van der Waals surface area (Å²) in [7, 11) is -4.20. The fourth-order valence-electron chi connectivity index (χ4n) is 6.82. The number of ether oxygens (including phenoxy) is 2. The second-order valence-electron chi connectivity index (χ2n) is 14.1. The molecule has 2 aliphatic heterocycles. The van der Waals surface area contributed by atoms with Gasteiger partial charge in [-0.25, -0.2) is 13.2 Å². The molecule has 3 N–H and O–H groups in total. The zero-order valence-electron chi connectivity index (χ0n) is 28.7. The lowest BCUT2D eigenvalue weighted by atomic mass is 9.82. The van der Waals surface area contributed by atoms with E-state index in [-0.39, 0.29) is 70.8 Å². The highest BCUT2D eigenvalue weighted by molar-refractivity contribution is 7.89. The molecular formula is C34H39N5O10S. The summed E-state index contributed by atoms with van der Waals surface area (Å²) < 4.78 is 40.4. The molecule has 2 amide bonds. The summed E-state index contributed by atoms with van der Waals surface area (Å²) in [5, 5.41) is 26.8. The predicted octanol–water partition coefficient (Wildman–Crippen LogP) is 3.96. The van der Waals surface area contributed by atoms with Crippen LogP contribution in [-0.4, -0.2) is 82.2 Å². The Kier molecular flexibility index (Phi) is 8.15. The lowest BCUT2D eigenvalue weighted by molar-refractivity contribution is -0.388. The molecule has 0 saturated carbocycles. The van der Waals surface area contributed by atoms with Crippen LogP contribution < -0.4 is 10.1 Å². The first kappa shape index (κ1) is 35.0. The molecule has 2 aromatic carbocycles. The Balaban J connectivity index is 1.37. The summed E-state index contributed by atoms with van der Waals surface area (Å²) in [5.74, 6) is -4.42. The summed E-state index contributed by atoms with van der Waals surface area (Å²) in [6.45, 7) is 12.3. The van der Waals surface area contributed by atoms with Gasteiger partial charge < -0.3 is 29.8 Å². The molecule has 50 heavy (non-hydrogen) atoms. The van der Waals surface area contributed by atoms with E-state index in [1.54, 1.807) is 32.9 Å². The van der Waals surface area contributed by atoms with Gasteiger partial charge in [0, 0.05) is 43.4 Å². The van der Waals surface area contributed by atoms with Gasteiger partial charge in [-0.15, -0.1) is 0 Å². The maximum absolute atomic E-state index is 14.4. The minimum Gasteiger partial charge on any atom is -0.454 e. The van der Waals surface area contributed by atoms with Gasteiger partial charge in [0.05, 0.1) is 4.92 Å². The van der Waals surface area contributed by atoms with Crippen LogP contribution in [0.5, 0.6) is 5.75 Å². The molecule has 266 valence electrons. The molecule has 1 aromatic heterocycles. The Morgan fingerprint density at radius 2 is 1.76 bits per heavy atom. The van der Waals surface area contributed by atoms with E-state index in [2.05, 4.69) is 10.3 Å². The number of rotatable bonds is 6. The van der Waals surface area contributed by atoms with Crippen molar-refractivity contribution in [3.63, 3.8) is 0 Å². The monoisotopic (exact) mass is 709 g/mol. The fourth-order valence-corrected chi connectivity index (χ4v) is 8.49.